The van der Waals surface area contributed by atoms with Crippen molar-refractivity contribution < 1.29 is 24.0 Å². The highest BCUT2D eigenvalue weighted by Crippen LogP contribution is 2.40. The minimum absolute atomic E-state index is 0.189. The zero-order valence-corrected chi connectivity index (χ0v) is 27.2. The molecular formula is C35H37N5O5S. The van der Waals surface area contributed by atoms with Gasteiger partial charge < -0.3 is 25.5 Å². The van der Waals surface area contributed by atoms with Gasteiger partial charge in [-0.05, 0) is 51.3 Å². The second kappa shape index (κ2) is 13.1. The summed E-state index contributed by atoms with van der Waals surface area (Å²) in [5.74, 6) is -1.63. The predicted octanol–water partition coefficient (Wildman–Crippen LogP) is 5.00. The number of rotatable bonds is 11. The summed E-state index contributed by atoms with van der Waals surface area (Å²) in [6.07, 6.45) is 0. The van der Waals surface area contributed by atoms with Crippen molar-refractivity contribution in [3.63, 3.8) is 0 Å². The van der Waals surface area contributed by atoms with Gasteiger partial charge in [0.15, 0.2) is 10.8 Å². The topological polar surface area (TPSA) is 131 Å². The third kappa shape index (κ3) is 7.10. The van der Waals surface area contributed by atoms with Crippen LogP contribution >= 0.6 is 11.3 Å². The van der Waals surface area contributed by atoms with Crippen LogP contribution in [0.1, 0.15) is 57.0 Å². The molecule has 2 heterocycles. The summed E-state index contributed by atoms with van der Waals surface area (Å²) >= 11 is 1.28. The van der Waals surface area contributed by atoms with Gasteiger partial charge in [0.2, 0.25) is 11.5 Å². The Morgan fingerprint density at radius 3 is 1.83 bits per heavy atom. The zero-order valence-electron chi connectivity index (χ0n) is 26.4. The molecule has 5 rings (SSSR count). The standard InChI is InChI=1S/C35H37N5O5S/c1-33(2,3)44-31(43)34(4,5)45-40-28(30(42)37-26-21-36-29(26)41)27-22-46-32(38-27)39-35(23-15-9-6-10-16-23,24-17-11-7-12-18-24)25-19-13-8-14-20-25/h6-20,22,26H,21H2,1-5H3,(H,36,41)(H,37,42)(H,38,39)/b40-28-/t26-/m0/s1. The van der Waals surface area contributed by atoms with Crippen LogP contribution in [0.4, 0.5) is 5.13 Å². The number of oxime groups is 1. The molecule has 46 heavy (non-hydrogen) atoms. The summed E-state index contributed by atoms with van der Waals surface area (Å²) < 4.78 is 5.48. The molecule has 0 radical (unpaired) electrons. The minimum atomic E-state index is -1.52. The molecule has 0 bridgehead atoms. The fraction of sp³-hybridized carbons (Fsp3) is 0.286. The van der Waals surface area contributed by atoms with E-state index >= 15 is 0 Å². The molecule has 1 aliphatic rings. The number of ether oxygens (including phenoxy) is 1. The Morgan fingerprint density at radius 2 is 1.39 bits per heavy atom. The van der Waals surface area contributed by atoms with E-state index in [0.717, 1.165) is 16.7 Å². The first-order valence-electron chi connectivity index (χ1n) is 14.9. The fourth-order valence-corrected chi connectivity index (χ4v) is 5.57. The highest BCUT2D eigenvalue weighted by atomic mass is 32.1. The quantitative estimate of drug-likeness (QED) is 0.0692. The average Bonchev–Trinajstić information content (AvgIpc) is 3.50. The Kier molecular flexibility index (Phi) is 9.24. The second-order valence-corrected chi connectivity index (χ2v) is 13.2. The molecular weight excluding hydrogens is 602 g/mol. The van der Waals surface area contributed by atoms with E-state index in [9.17, 15) is 14.4 Å². The van der Waals surface area contributed by atoms with Gasteiger partial charge in [0.05, 0.1) is 0 Å². The van der Waals surface area contributed by atoms with Gasteiger partial charge in [0.1, 0.15) is 22.9 Å². The molecule has 10 nitrogen and oxygen atoms in total. The molecule has 1 saturated heterocycles. The summed E-state index contributed by atoms with van der Waals surface area (Å²) in [7, 11) is 0. The number of carbonyl (C=O) groups excluding carboxylic acids is 3. The molecule has 1 fully saturated rings. The van der Waals surface area contributed by atoms with E-state index in [-0.39, 0.29) is 17.3 Å². The number of aromatic nitrogens is 1. The number of carbonyl (C=O) groups is 3. The first-order chi connectivity index (χ1) is 21.9. The number of hydrogen-bond donors (Lipinski definition) is 3. The average molecular weight is 640 g/mol. The van der Waals surface area contributed by atoms with Crippen LogP contribution in [-0.2, 0) is 29.5 Å². The Labute approximate surface area is 272 Å². The molecule has 3 N–H and O–H groups in total. The van der Waals surface area contributed by atoms with Crippen molar-refractivity contribution in [1.29, 1.82) is 0 Å². The number of nitrogens with zero attached hydrogens (tertiary/aromatic N) is 2. The first kappa shape index (κ1) is 32.4. The molecule has 1 atom stereocenters. The largest absolute Gasteiger partial charge is 0.457 e. The van der Waals surface area contributed by atoms with Crippen molar-refractivity contribution in [3.05, 3.63) is 119 Å². The molecule has 0 unspecified atom stereocenters. The van der Waals surface area contributed by atoms with Gasteiger partial charge in [0.25, 0.3) is 5.91 Å². The van der Waals surface area contributed by atoms with Gasteiger partial charge in [0, 0.05) is 11.9 Å². The Bertz CT molecular complexity index is 1620. The smallest absolute Gasteiger partial charge is 0.353 e. The van der Waals surface area contributed by atoms with Gasteiger partial charge >= 0.3 is 5.97 Å². The van der Waals surface area contributed by atoms with E-state index in [1.165, 1.54) is 25.2 Å². The predicted molar refractivity (Wildman–Crippen MR) is 177 cm³/mol. The van der Waals surface area contributed by atoms with Gasteiger partial charge in [-0.2, -0.15) is 0 Å². The SMILES string of the molecule is CC(C)(C)OC(=O)C(C)(C)O/N=C(\C(=O)N[C@H]1CNC1=O)c1csc(NC(c2ccccc2)(c2ccccc2)c2ccccc2)n1. The van der Waals surface area contributed by atoms with Crippen molar-refractivity contribution in [3.8, 4) is 0 Å². The lowest BCUT2D eigenvalue weighted by molar-refractivity contribution is -0.179. The van der Waals surface area contributed by atoms with E-state index in [4.69, 9.17) is 14.6 Å². The Morgan fingerprint density at radius 1 is 0.870 bits per heavy atom. The van der Waals surface area contributed by atoms with Crippen LogP contribution < -0.4 is 16.0 Å². The molecule has 4 aromatic rings. The van der Waals surface area contributed by atoms with E-state index in [1.807, 2.05) is 54.6 Å². The second-order valence-electron chi connectivity index (χ2n) is 12.3. The van der Waals surface area contributed by atoms with Gasteiger partial charge in [-0.1, -0.05) is 96.2 Å². The number of thiazole rings is 1. The van der Waals surface area contributed by atoms with Crippen LogP contribution in [-0.4, -0.2) is 52.3 Å². The van der Waals surface area contributed by atoms with Crippen molar-refractivity contribution in [2.24, 2.45) is 5.16 Å². The van der Waals surface area contributed by atoms with Crippen molar-refractivity contribution in [1.82, 2.24) is 15.6 Å². The van der Waals surface area contributed by atoms with E-state index < -0.39 is 34.7 Å². The van der Waals surface area contributed by atoms with Crippen LogP contribution in [0.5, 0.6) is 0 Å². The monoisotopic (exact) mass is 639 g/mol. The number of nitrogens with one attached hydrogen (secondary N) is 3. The molecule has 1 aromatic heterocycles. The maximum atomic E-state index is 13.5. The van der Waals surface area contributed by atoms with Gasteiger partial charge in [-0.15, -0.1) is 11.3 Å². The van der Waals surface area contributed by atoms with Crippen LogP contribution in [0.3, 0.4) is 0 Å². The fourth-order valence-electron chi connectivity index (χ4n) is 4.81. The molecule has 1 aliphatic heterocycles. The summed E-state index contributed by atoms with van der Waals surface area (Å²) in [6, 6.07) is 29.4. The number of amides is 2. The van der Waals surface area contributed by atoms with Crippen LogP contribution in [0, 0.1) is 0 Å². The highest BCUT2D eigenvalue weighted by Gasteiger charge is 2.39. The van der Waals surface area contributed by atoms with Gasteiger partial charge in [-0.25, -0.2) is 9.78 Å². The molecule has 11 heteroatoms. The number of esters is 1. The molecule has 3 aromatic carbocycles. The van der Waals surface area contributed by atoms with E-state index in [1.54, 1.807) is 26.2 Å². The molecule has 0 aliphatic carbocycles. The summed E-state index contributed by atoms with van der Waals surface area (Å²) in [5, 5.41) is 15.3. The van der Waals surface area contributed by atoms with E-state index in [0.29, 0.717) is 11.7 Å². The lowest BCUT2D eigenvalue weighted by Crippen LogP contribution is -2.62. The lowest BCUT2D eigenvalue weighted by atomic mass is 9.77. The van der Waals surface area contributed by atoms with Crippen LogP contribution in [0.25, 0.3) is 0 Å². The third-order valence-corrected chi connectivity index (χ3v) is 7.99. The summed E-state index contributed by atoms with van der Waals surface area (Å²) in [6.45, 7) is 8.54. The Balaban J connectivity index is 1.55. The molecule has 0 spiro atoms. The number of anilines is 1. The van der Waals surface area contributed by atoms with Crippen molar-refractivity contribution >= 4 is 40.0 Å². The van der Waals surface area contributed by atoms with E-state index in [2.05, 4.69) is 57.5 Å². The number of benzene rings is 3. The van der Waals surface area contributed by atoms with Crippen LogP contribution in [0.15, 0.2) is 102 Å². The minimum Gasteiger partial charge on any atom is -0.457 e. The highest BCUT2D eigenvalue weighted by molar-refractivity contribution is 7.14. The van der Waals surface area contributed by atoms with Crippen molar-refractivity contribution in [2.45, 2.75) is 57.4 Å². The summed E-state index contributed by atoms with van der Waals surface area (Å²) in [5.41, 5.74) is -0.169. The Hall–Kier alpha value is -5.03. The third-order valence-electron chi connectivity index (χ3n) is 7.23. The number of hydrogen-bond acceptors (Lipinski definition) is 9. The molecule has 0 saturated carbocycles. The maximum Gasteiger partial charge on any atom is 0.353 e. The zero-order chi connectivity index (χ0) is 33.0. The number of β-lactam (4-membered cyclic amide) rings is 1. The molecule has 238 valence electrons. The summed E-state index contributed by atoms with van der Waals surface area (Å²) in [4.78, 5) is 48.7. The van der Waals surface area contributed by atoms with Gasteiger partial charge in [-0.3, -0.25) is 9.59 Å². The molecule has 2 amide bonds. The van der Waals surface area contributed by atoms with Crippen molar-refractivity contribution in [2.75, 3.05) is 11.9 Å². The maximum absolute atomic E-state index is 13.5. The van der Waals surface area contributed by atoms with Crippen LogP contribution in [0.2, 0.25) is 0 Å². The lowest BCUT2D eigenvalue weighted by Gasteiger charge is -2.36. The first-order valence-corrected chi connectivity index (χ1v) is 15.8. The normalized spacial score (nSPS) is 15.3.